The van der Waals surface area contributed by atoms with Crippen LogP contribution < -0.4 is 4.90 Å². The van der Waals surface area contributed by atoms with Crippen molar-refractivity contribution in [1.82, 2.24) is 4.31 Å². The third kappa shape index (κ3) is 3.45. The van der Waals surface area contributed by atoms with Crippen LogP contribution in [0.5, 0.6) is 0 Å². The minimum Gasteiger partial charge on any atom is -0.378 e. The SMILES string of the molecule is CN(C)c1ccc(CN(C)S(=O)(=O)c2ccccc2F)cc1. The topological polar surface area (TPSA) is 40.6 Å². The molecule has 2 aromatic carbocycles. The molecule has 0 aromatic heterocycles. The fraction of sp³-hybridized carbons (Fsp3) is 0.250. The van der Waals surface area contributed by atoms with Crippen molar-refractivity contribution in [2.45, 2.75) is 11.4 Å². The third-order valence-electron chi connectivity index (χ3n) is 3.38. The molecule has 0 heterocycles. The number of anilines is 1. The van der Waals surface area contributed by atoms with Gasteiger partial charge in [0.25, 0.3) is 0 Å². The zero-order valence-electron chi connectivity index (χ0n) is 12.8. The average Bonchev–Trinajstić information content (AvgIpc) is 2.48. The largest absolute Gasteiger partial charge is 0.378 e. The number of rotatable bonds is 5. The van der Waals surface area contributed by atoms with Gasteiger partial charge < -0.3 is 4.90 Å². The normalized spacial score (nSPS) is 11.7. The molecule has 0 bridgehead atoms. The van der Waals surface area contributed by atoms with Crippen LogP contribution in [0.2, 0.25) is 0 Å². The summed E-state index contributed by atoms with van der Waals surface area (Å²) in [6.45, 7) is 0.185. The van der Waals surface area contributed by atoms with E-state index in [2.05, 4.69) is 0 Å². The average molecular weight is 322 g/mol. The summed E-state index contributed by atoms with van der Waals surface area (Å²) in [7, 11) is 1.47. The Balaban J connectivity index is 2.21. The van der Waals surface area contributed by atoms with Crippen molar-refractivity contribution >= 4 is 15.7 Å². The van der Waals surface area contributed by atoms with Gasteiger partial charge in [0.2, 0.25) is 10.0 Å². The molecule has 0 N–H and O–H groups in total. The molecule has 118 valence electrons. The van der Waals surface area contributed by atoms with Crippen molar-refractivity contribution in [3.05, 3.63) is 59.9 Å². The van der Waals surface area contributed by atoms with E-state index in [1.807, 2.05) is 43.3 Å². The van der Waals surface area contributed by atoms with Crippen molar-refractivity contribution in [3.8, 4) is 0 Å². The van der Waals surface area contributed by atoms with Crippen LogP contribution in [-0.2, 0) is 16.6 Å². The first-order valence-electron chi connectivity index (χ1n) is 6.79. The highest BCUT2D eigenvalue weighted by Gasteiger charge is 2.24. The van der Waals surface area contributed by atoms with Crippen molar-refractivity contribution in [3.63, 3.8) is 0 Å². The molecule has 0 spiro atoms. The molecule has 0 atom stereocenters. The van der Waals surface area contributed by atoms with Crippen molar-refractivity contribution < 1.29 is 12.8 Å². The number of hydrogen-bond acceptors (Lipinski definition) is 3. The first-order valence-corrected chi connectivity index (χ1v) is 8.23. The summed E-state index contributed by atoms with van der Waals surface area (Å²) < 4.78 is 39.7. The molecule has 4 nitrogen and oxygen atoms in total. The van der Waals surface area contributed by atoms with E-state index in [4.69, 9.17) is 0 Å². The molecule has 0 saturated heterocycles. The van der Waals surface area contributed by atoms with Gasteiger partial charge in [-0.05, 0) is 29.8 Å². The van der Waals surface area contributed by atoms with E-state index in [1.165, 1.54) is 25.2 Å². The second kappa shape index (κ2) is 6.46. The van der Waals surface area contributed by atoms with Crippen LogP contribution >= 0.6 is 0 Å². The molecule has 0 fully saturated rings. The van der Waals surface area contributed by atoms with E-state index >= 15 is 0 Å². The van der Waals surface area contributed by atoms with E-state index in [0.29, 0.717) is 0 Å². The molecular weight excluding hydrogens is 303 g/mol. The lowest BCUT2D eigenvalue weighted by Gasteiger charge is -2.18. The molecule has 0 aliphatic rings. The summed E-state index contributed by atoms with van der Waals surface area (Å²) in [5, 5.41) is 0. The molecule has 2 rings (SSSR count). The molecule has 0 aliphatic carbocycles. The highest BCUT2D eigenvalue weighted by Crippen LogP contribution is 2.20. The van der Waals surface area contributed by atoms with Gasteiger partial charge in [-0.25, -0.2) is 12.8 Å². The maximum Gasteiger partial charge on any atom is 0.246 e. The second-order valence-electron chi connectivity index (χ2n) is 5.25. The van der Waals surface area contributed by atoms with E-state index in [-0.39, 0.29) is 11.4 Å². The van der Waals surface area contributed by atoms with Crippen LogP contribution in [0, 0.1) is 5.82 Å². The Hall–Kier alpha value is -1.92. The summed E-state index contributed by atoms with van der Waals surface area (Å²) in [4.78, 5) is 1.66. The van der Waals surface area contributed by atoms with Crippen LogP contribution in [0.4, 0.5) is 10.1 Å². The van der Waals surface area contributed by atoms with Gasteiger partial charge in [0.05, 0.1) is 0 Å². The standard InChI is InChI=1S/C16H19FN2O2S/c1-18(2)14-10-8-13(9-11-14)12-19(3)22(20,21)16-7-5-4-6-15(16)17/h4-11H,12H2,1-3H3. The summed E-state index contributed by atoms with van der Waals surface area (Å²) >= 11 is 0. The predicted molar refractivity (Wildman–Crippen MR) is 85.8 cm³/mol. The second-order valence-corrected chi connectivity index (χ2v) is 7.27. The van der Waals surface area contributed by atoms with Gasteiger partial charge in [0.1, 0.15) is 10.7 Å². The van der Waals surface area contributed by atoms with Crippen LogP contribution in [0.25, 0.3) is 0 Å². The van der Waals surface area contributed by atoms with Crippen molar-refractivity contribution in [2.24, 2.45) is 0 Å². The smallest absolute Gasteiger partial charge is 0.246 e. The Morgan fingerprint density at radius 3 is 2.09 bits per heavy atom. The number of nitrogens with zero attached hydrogens (tertiary/aromatic N) is 2. The first-order chi connectivity index (χ1) is 10.3. The number of halogens is 1. The Labute approximate surface area is 130 Å². The van der Waals surface area contributed by atoms with Gasteiger partial charge in [-0.15, -0.1) is 0 Å². The molecule has 2 aromatic rings. The monoisotopic (exact) mass is 322 g/mol. The maximum absolute atomic E-state index is 13.7. The van der Waals surface area contributed by atoms with Gasteiger partial charge >= 0.3 is 0 Å². The molecule has 22 heavy (non-hydrogen) atoms. The van der Waals surface area contributed by atoms with E-state index < -0.39 is 15.8 Å². The molecule has 6 heteroatoms. The molecule has 0 aliphatic heterocycles. The fourth-order valence-electron chi connectivity index (χ4n) is 2.06. The Morgan fingerprint density at radius 1 is 0.955 bits per heavy atom. The third-order valence-corrected chi connectivity index (χ3v) is 5.22. The van der Waals surface area contributed by atoms with Crippen LogP contribution in [-0.4, -0.2) is 33.9 Å². The summed E-state index contributed by atoms with van der Waals surface area (Å²) in [6.07, 6.45) is 0. The summed E-state index contributed by atoms with van der Waals surface area (Å²) in [6, 6.07) is 13.0. The Bertz CT molecular complexity index is 743. The quantitative estimate of drug-likeness (QED) is 0.850. The first kappa shape index (κ1) is 16.5. The number of sulfonamides is 1. The van der Waals surface area contributed by atoms with Gasteiger partial charge in [0.15, 0.2) is 0 Å². The highest BCUT2D eigenvalue weighted by atomic mass is 32.2. The zero-order chi connectivity index (χ0) is 16.3. The van der Waals surface area contributed by atoms with E-state index in [0.717, 1.165) is 21.6 Å². The lowest BCUT2D eigenvalue weighted by Crippen LogP contribution is -2.27. The van der Waals surface area contributed by atoms with Gasteiger partial charge in [0, 0.05) is 33.4 Å². The predicted octanol–water partition coefficient (Wildman–Crippen LogP) is 2.71. The number of benzene rings is 2. The molecule has 0 unspecified atom stereocenters. The molecule has 0 amide bonds. The van der Waals surface area contributed by atoms with Gasteiger partial charge in [-0.3, -0.25) is 0 Å². The van der Waals surface area contributed by atoms with Crippen LogP contribution in [0.1, 0.15) is 5.56 Å². The van der Waals surface area contributed by atoms with E-state index in [9.17, 15) is 12.8 Å². The highest BCUT2D eigenvalue weighted by molar-refractivity contribution is 7.89. The Kier molecular flexibility index (Phi) is 4.83. The minimum atomic E-state index is -3.85. The van der Waals surface area contributed by atoms with Crippen LogP contribution in [0.15, 0.2) is 53.4 Å². The fourth-order valence-corrected chi connectivity index (χ4v) is 3.28. The van der Waals surface area contributed by atoms with Crippen LogP contribution in [0.3, 0.4) is 0 Å². The number of hydrogen-bond donors (Lipinski definition) is 0. The molecule has 0 saturated carbocycles. The lowest BCUT2D eigenvalue weighted by atomic mass is 10.2. The summed E-state index contributed by atoms with van der Waals surface area (Å²) in [5.74, 6) is -0.739. The van der Waals surface area contributed by atoms with Crippen molar-refractivity contribution in [2.75, 3.05) is 26.0 Å². The molecule has 0 radical (unpaired) electrons. The zero-order valence-corrected chi connectivity index (χ0v) is 13.6. The summed E-state index contributed by atoms with van der Waals surface area (Å²) in [5.41, 5.74) is 1.87. The van der Waals surface area contributed by atoms with Gasteiger partial charge in [-0.2, -0.15) is 4.31 Å². The Morgan fingerprint density at radius 2 is 1.55 bits per heavy atom. The van der Waals surface area contributed by atoms with E-state index in [1.54, 1.807) is 0 Å². The van der Waals surface area contributed by atoms with Crippen molar-refractivity contribution in [1.29, 1.82) is 0 Å². The lowest BCUT2D eigenvalue weighted by molar-refractivity contribution is 0.460. The van der Waals surface area contributed by atoms with Gasteiger partial charge in [-0.1, -0.05) is 24.3 Å². The molecular formula is C16H19FN2O2S. The minimum absolute atomic E-state index is 0.185. The maximum atomic E-state index is 13.7.